The summed E-state index contributed by atoms with van der Waals surface area (Å²) >= 11 is 0. The Labute approximate surface area is 130 Å². The summed E-state index contributed by atoms with van der Waals surface area (Å²) in [6, 6.07) is 10.9. The van der Waals surface area contributed by atoms with Crippen LogP contribution in [0.15, 0.2) is 48.0 Å². The average molecular weight is 318 g/mol. The van der Waals surface area contributed by atoms with Crippen molar-refractivity contribution < 1.29 is 8.42 Å². The second-order valence-corrected chi connectivity index (χ2v) is 6.47. The Balaban J connectivity index is 2.01. The molecular formula is C15H18N4O2S. The lowest BCUT2D eigenvalue weighted by molar-refractivity contribution is 0.590. The van der Waals surface area contributed by atoms with E-state index in [4.69, 9.17) is 0 Å². The van der Waals surface area contributed by atoms with E-state index in [9.17, 15) is 8.42 Å². The first-order valence-corrected chi connectivity index (χ1v) is 8.23. The molecule has 0 spiro atoms. The number of hydrogen-bond donors (Lipinski definition) is 1. The van der Waals surface area contributed by atoms with Crippen LogP contribution in [0, 0.1) is 0 Å². The lowest BCUT2D eigenvalue weighted by atomic mass is 10.2. The predicted molar refractivity (Wildman–Crippen MR) is 87.6 cm³/mol. The van der Waals surface area contributed by atoms with Crippen LogP contribution in [-0.4, -0.2) is 32.5 Å². The zero-order valence-electron chi connectivity index (χ0n) is 12.5. The summed E-state index contributed by atoms with van der Waals surface area (Å²) in [7, 11) is 0.135. The third kappa shape index (κ3) is 4.94. The Kier molecular flexibility index (Phi) is 5.24. The Hall–Kier alpha value is -2.25. The van der Waals surface area contributed by atoms with Gasteiger partial charge in [0.05, 0.1) is 12.2 Å². The van der Waals surface area contributed by atoms with Crippen LogP contribution >= 0.6 is 0 Å². The van der Waals surface area contributed by atoms with Crippen molar-refractivity contribution in [3.8, 4) is 0 Å². The van der Waals surface area contributed by atoms with Gasteiger partial charge in [-0.25, -0.2) is 23.1 Å². The van der Waals surface area contributed by atoms with Crippen LogP contribution in [-0.2, 0) is 16.6 Å². The summed E-state index contributed by atoms with van der Waals surface area (Å²) < 4.78 is 26.4. The summed E-state index contributed by atoms with van der Waals surface area (Å²) in [6.45, 7) is 0.116. The van der Waals surface area contributed by atoms with Crippen LogP contribution in [0.3, 0.4) is 0 Å². The molecule has 0 saturated carbocycles. The van der Waals surface area contributed by atoms with Gasteiger partial charge in [0.25, 0.3) is 0 Å². The van der Waals surface area contributed by atoms with Crippen LogP contribution in [0.1, 0.15) is 11.3 Å². The van der Waals surface area contributed by atoms with Gasteiger partial charge in [-0.2, -0.15) is 0 Å². The van der Waals surface area contributed by atoms with Crippen molar-refractivity contribution in [1.29, 1.82) is 0 Å². The van der Waals surface area contributed by atoms with Gasteiger partial charge in [-0.1, -0.05) is 30.3 Å². The number of anilines is 1. The lowest BCUT2D eigenvalue weighted by Crippen LogP contribution is -2.22. The smallest absolute Gasteiger partial charge is 0.234 e. The maximum absolute atomic E-state index is 11.9. The maximum Gasteiger partial charge on any atom is 0.234 e. The van der Waals surface area contributed by atoms with Gasteiger partial charge in [-0.15, -0.1) is 0 Å². The molecule has 1 heterocycles. The molecule has 0 aliphatic heterocycles. The quantitative estimate of drug-likeness (QED) is 0.876. The minimum absolute atomic E-state index is 0.116. The molecule has 7 heteroatoms. The maximum atomic E-state index is 11.9. The Morgan fingerprint density at radius 3 is 2.59 bits per heavy atom. The molecule has 0 radical (unpaired) electrons. The molecule has 0 saturated heterocycles. The first kappa shape index (κ1) is 16.1. The van der Waals surface area contributed by atoms with E-state index in [0.29, 0.717) is 11.6 Å². The van der Waals surface area contributed by atoms with Gasteiger partial charge in [0.15, 0.2) is 0 Å². The van der Waals surface area contributed by atoms with Gasteiger partial charge in [-0.05, 0) is 17.7 Å². The molecule has 22 heavy (non-hydrogen) atoms. The summed E-state index contributed by atoms with van der Waals surface area (Å²) in [5.74, 6) is 0.538. The van der Waals surface area contributed by atoms with E-state index < -0.39 is 10.0 Å². The molecule has 1 aromatic heterocycles. The molecule has 1 aromatic carbocycles. The summed E-state index contributed by atoms with van der Waals surface area (Å²) in [4.78, 5) is 10.1. The van der Waals surface area contributed by atoms with Gasteiger partial charge in [0.2, 0.25) is 16.0 Å². The number of nitrogens with one attached hydrogen (secondary N) is 1. The fourth-order valence-corrected chi connectivity index (χ4v) is 2.43. The molecule has 0 amide bonds. The van der Waals surface area contributed by atoms with Gasteiger partial charge in [0.1, 0.15) is 0 Å². The third-order valence-electron chi connectivity index (χ3n) is 2.79. The third-order valence-corrected chi connectivity index (χ3v) is 3.84. The average Bonchev–Trinajstić information content (AvgIpc) is 2.53. The van der Waals surface area contributed by atoms with Crippen molar-refractivity contribution in [2.75, 3.05) is 19.0 Å². The molecule has 6 nitrogen and oxygen atoms in total. The van der Waals surface area contributed by atoms with Crippen LogP contribution < -0.4 is 9.62 Å². The van der Waals surface area contributed by atoms with Gasteiger partial charge < -0.3 is 4.90 Å². The molecule has 2 rings (SSSR count). The summed E-state index contributed by atoms with van der Waals surface area (Å²) in [5.41, 5.74) is 1.43. The molecule has 0 aliphatic carbocycles. The molecule has 0 unspecified atom stereocenters. The Bertz CT molecular complexity index is 743. The zero-order valence-corrected chi connectivity index (χ0v) is 13.3. The number of hydrogen-bond acceptors (Lipinski definition) is 5. The highest BCUT2D eigenvalue weighted by Crippen LogP contribution is 2.05. The van der Waals surface area contributed by atoms with Crippen LogP contribution in [0.2, 0.25) is 0 Å². The topological polar surface area (TPSA) is 75.2 Å². The number of benzene rings is 1. The van der Waals surface area contributed by atoms with Crippen molar-refractivity contribution in [2.45, 2.75) is 6.54 Å². The SMILES string of the molecule is CN(C)c1nccc(CNS(=O)(=O)/C=C/c2ccccc2)n1. The Morgan fingerprint density at radius 2 is 1.91 bits per heavy atom. The first-order valence-electron chi connectivity index (χ1n) is 6.68. The van der Waals surface area contributed by atoms with Crippen LogP contribution in [0.25, 0.3) is 6.08 Å². The molecule has 2 aromatic rings. The van der Waals surface area contributed by atoms with E-state index in [1.165, 1.54) is 0 Å². The fraction of sp³-hybridized carbons (Fsp3) is 0.200. The van der Waals surface area contributed by atoms with E-state index in [0.717, 1.165) is 11.0 Å². The highest BCUT2D eigenvalue weighted by molar-refractivity contribution is 7.92. The van der Waals surface area contributed by atoms with Crippen molar-refractivity contribution in [3.63, 3.8) is 0 Å². The van der Waals surface area contributed by atoms with E-state index in [1.807, 2.05) is 44.4 Å². The molecule has 1 N–H and O–H groups in total. The van der Waals surface area contributed by atoms with Crippen molar-refractivity contribution >= 4 is 22.0 Å². The summed E-state index contributed by atoms with van der Waals surface area (Å²) in [6.07, 6.45) is 3.15. The Morgan fingerprint density at radius 1 is 1.18 bits per heavy atom. The number of sulfonamides is 1. The highest BCUT2D eigenvalue weighted by atomic mass is 32.2. The summed E-state index contributed by atoms with van der Waals surface area (Å²) in [5, 5.41) is 1.15. The van der Waals surface area contributed by atoms with Crippen molar-refractivity contribution in [2.24, 2.45) is 0 Å². The van der Waals surface area contributed by atoms with Crippen LogP contribution in [0.5, 0.6) is 0 Å². The normalized spacial score (nSPS) is 11.7. The fourth-order valence-electron chi connectivity index (χ4n) is 1.65. The van der Waals surface area contributed by atoms with Gasteiger partial charge >= 0.3 is 0 Å². The second-order valence-electron chi connectivity index (χ2n) is 4.82. The minimum atomic E-state index is -3.52. The molecule has 116 valence electrons. The number of aromatic nitrogens is 2. The number of rotatable bonds is 6. The molecule has 0 aliphatic rings. The first-order chi connectivity index (χ1) is 10.5. The van der Waals surface area contributed by atoms with E-state index >= 15 is 0 Å². The monoisotopic (exact) mass is 318 g/mol. The number of nitrogens with zero attached hydrogens (tertiary/aromatic N) is 3. The largest absolute Gasteiger partial charge is 0.347 e. The predicted octanol–water partition coefficient (Wildman–Crippen LogP) is 1.63. The minimum Gasteiger partial charge on any atom is -0.347 e. The van der Waals surface area contributed by atoms with Crippen molar-refractivity contribution in [1.82, 2.24) is 14.7 Å². The second kappa shape index (κ2) is 7.15. The van der Waals surface area contributed by atoms with Crippen LogP contribution in [0.4, 0.5) is 5.95 Å². The standard InChI is InChI=1S/C15H18N4O2S/c1-19(2)15-16-10-8-14(18-15)12-17-22(20,21)11-9-13-6-4-3-5-7-13/h3-11,17H,12H2,1-2H3/b11-9+. The molecular weight excluding hydrogens is 300 g/mol. The molecule has 0 bridgehead atoms. The van der Waals surface area contributed by atoms with Gasteiger partial charge in [-0.3, -0.25) is 0 Å². The lowest BCUT2D eigenvalue weighted by Gasteiger charge is -2.10. The molecule has 0 fully saturated rings. The van der Waals surface area contributed by atoms with E-state index in [1.54, 1.807) is 23.2 Å². The van der Waals surface area contributed by atoms with Gasteiger partial charge in [0, 0.05) is 25.7 Å². The molecule has 0 atom stereocenters. The zero-order chi connectivity index (χ0) is 16.0. The van der Waals surface area contributed by atoms with Crippen molar-refractivity contribution in [3.05, 3.63) is 59.3 Å². The highest BCUT2D eigenvalue weighted by Gasteiger charge is 2.07. The van der Waals surface area contributed by atoms with E-state index in [2.05, 4.69) is 14.7 Å². The van der Waals surface area contributed by atoms with E-state index in [-0.39, 0.29) is 6.54 Å².